The SMILES string of the molecule is CC(C)OCc1ccc(C(=O)O[C@H](C)c2nnc(-c3ccc(F)cc3)o2)cc1. The minimum atomic E-state index is -0.724. The molecule has 3 aromatic rings. The standard InChI is InChI=1S/C21H21FN2O4/c1-13(2)26-12-15-4-6-17(7-5-15)21(25)27-14(3)19-23-24-20(28-19)16-8-10-18(22)11-9-16/h4-11,13-14H,12H2,1-3H3/t14-/m1/s1. The van der Waals surface area contributed by atoms with Gasteiger partial charge in [0.15, 0.2) is 6.10 Å². The van der Waals surface area contributed by atoms with Gasteiger partial charge < -0.3 is 13.9 Å². The molecular weight excluding hydrogens is 363 g/mol. The number of rotatable bonds is 7. The fourth-order valence-electron chi connectivity index (χ4n) is 2.39. The molecule has 7 heteroatoms. The van der Waals surface area contributed by atoms with E-state index in [0.717, 1.165) is 5.56 Å². The molecule has 0 N–H and O–H groups in total. The topological polar surface area (TPSA) is 74.5 Å². The Kier molecular flexibility index (Phi) is 6.16. The molecule has 0 unspecified atom stereocenters. The lowest BCUT2D eigenvalue weighted by Crippen LogP contribution is -2.10. The molecule has 1 heterocycles. The van der Waals surface area contributed by atoms with Crippen LogP contribution < -0.4 is 0 Å². The van der Waals surface area contributed by atoms with Crippen LogP contribution in [0.4, 0.5) is 4.39 Å². The quantitative estimate of drug-likeness (QED) is 0.549. The van der Waals surface area contributed by atoms with Crippen LogP contribution in [0.1, 0.15) is 48.7 Å². The van der Waals surface area contributed by atoms with Crippen molar-refractivity contribution in [2.24, 2.45) is 0 Å². The number of hydrogen-bond acceptors (Lipinski definition) is 6. The van der Waals surface area contributed by atoms with Crippen LogP contribution in [-0.2, 0) is 16.1 Å². The number of ether oxygens (including phenoxy) is 2. The van der Waals surface area contributed by atoms with Crippen molar-refractivity contribution in [1.82, 2.24) is 10.2 Å². The molecule has 0 fully saturated rings. The van der Waals surface area contributed by atoms with E-state index < -0.39 is 12.1 Å². The number of aromatic nitrogens is 2. The summed E-state index contributed by atoms with van der Waals surface area (Å²) in [4.78, 5) is 12.3. The molecule has 0 spiro atoms. The average Bonchev–Trinajstić information content (AvgIpc) is 3.17. The van der Waals surface area contributed by atoms with E-state index in [0.29, 0.717) is 17.7 Å². The highest BCUT2D eigenvalue weighted by Gasteiger charge is 2.20. The van der Waals surface area contributed by atoms with Gasteiger partial charge >= 0.3 is 5.97 Å². The van der Waals surface area contributed by atoms with E-state index in [1.807, 2.05) is 26.0 Å². The zero-order valence-corrected chi connectivity index (χ0v) is 15.9. The van der Waals surface area contributed by atoms with Gasteiger partial charge in [0.2, 0.25) is 5.89 Å². The molecule has 3 rings (SSSR count). The van der Waals surface area contributed by atoms with Crippen LogP contribution in [0.25, 0.3) is 11.5 Å². The smallest absolute Gasteiger partial charge is 0.338 e. The average molecular weight is 384 g/mol. The predicted molar refractivity (Wildman–Crippen MR) is 99.9 cm³/mol. The Hall–Kier alpha value is -3.06. The Morgan fingerprint density at radius 2 is 1.71 bits per heavy atom. The maximum Gasteiger partial charge on any atom is 0.338 e. The maximum absolute atomic E-state index is 13.0. The fraction of sp³-hybridized carbons (Fsp3) is 0.286. The molecule has 28 heavy (non-hydrogen) atoms. The third-order valence-electron chi connectivity index (χ3n) is 3.94. The van der Waals surface area contributed by atoms with Crippen LogP contribution >= 0.6 is 0 Å². The van der Waals surface area contributed by atoms with Crippen molar-refractivity contribution in [3.63, 3.8) is 0 Å². The minimum Gasteiger partial charge on any atom is -0.449 e. The van der Waals surface area contributed by atoms with Crippen molar-refractivity contribution in [3.8, 4) is 11.5 Å². The van der Waals surface area contributed by atoms with Crippen LogP contribution in [-0.4, -0.2) is 22.3 Å². The lowest BCUT2D eigenvalue weighted by molar-refractivity contribution is 0.0279. The molecule has 0 bridgehead atoms. The maximum atomic E-state index is 13.0. The van der Waals surface area contributed by atoms with E-state index in [1.165, 1.54) is 24.3 Å². The molecule has 6 nitrogen and oxygen atoms in total. The summed E-state index contributed by atoms with van der Waals surface area (Å²) in [6.07, 6.45) is -0.585. The molecule has 0 amide bonds. The molecule has 1 aromatic heterocycles. The predicted octanol–water partition coefficient (Wildman–Crippen LogP) is 4.72. The van der Waals surface area contributed by atoms with E-state index in [1.54, 1.807) is 19.1 Å². The molecular formula is C21H21FN2O4. The first-order valence-corrected chi connectivity index (χ1v) is 8.93. The molecule has 0 aliphatic rings. The first-order chi connectivity index (χ1) is 13.4. The number of nitrogens with zero attached hydrogens (tertiary/aromatic N) is 2. The number of benzene rings is 2. The van der Waals surface area contributed by atoms with E-state index >= 15 is 0 Å². The second kappa shape index (κ2) is 8.75. The van der Waals surface area contributed by atoms with Gasteiger partial charge in [0.05, 0.1) is 18.3 Å². The van der Waals surface area contributed by atoms with Gasteiger partial charge in [-0.25, -0.2) is 9.18 Å². The first-order valence-electron chi connectivity index (χ1n) is 8.93. The summed E-state index contributed by atoms with van der Waals surface area (Å²) in [6, 6.07) is 12.7. The summed E-state index contributed by atoms with van der Waals surface area (Å²) >= 11 is 0. The van der Waals surface area contributed by atoms with E-state index in [2.05, 4.69) is 10.2 Å². The largest absolute Gasteiger partial charge is 0.449 e. The van der Waals surface area contributed by atoms with Gasteiger partial charge in [-0.1, -0.05) is 12.1 Å². The summed E-state index contributed by atoms with van der Waals surface area (Å²) in [5.74, 6) is -0.458. The lowest BCUT2D eigenvalue weighted by atomic mass is 10.1. The van der Waals surface area contributed by atoms with Crippen molar-refractivity contribution in [3.05, 3.63) is 71.4 Å². The Morgan fingerprint density at radius 1 is 1.04 bits per heavy atom. The summed E-state index contributed by atoms with van der Waals surface area (Å²) in [6.45, 7) is 6.06. The van der Waals surface area contributed by atoms with Crippen LogP contribution in [0.5, 0.6) is 0 Å². The van der Waals surface area contributed by atoms with Crippen LogP contribution in [0, 0.1) is 5.82 Å². The zero-order valence-electron chi connectivity index (χ0n) is 15.9. The highest BCUT2D eigenvalue weighted by atomic mass is 19.1. The monoisotopic (exact) mass is 384 g/mol. The van der Waals surface area contributed by atoms with Crippen molar-refractivity contribution < 1.29 is 23.1 Å². The summed E-state index contributed by atoms with van der Waals surface area (Å²) in [5, 5.41) is 7.83. The van der Waals surface area contributed by atoms with Gasteiger partial charge in [-0.15, -0.1) is 10.2 Å². The zero-order chi connectivity index (χ0) is 20.1. The summed E-state index contributed by atoms with van der Waals surface area (Å²) < 4.78 is 29.5. The minimum absolute atomic E-state index is 0.139. The van der Waals surface area contributed by atoms with Crippen molar-refractivity contribution in [2.45, 2.75) is 39.6 Å². The molecule has 0 saturated carbocycles. The van der Waals surface area contributed by atoms with Gasteiger partial charge in [0.25, 0.3) is 5.89 Å². The number of carbonyl (C=O) groups is 1. The number of carbonyl (C=O) groups excluding carboxylic acids is 1. The number of hydrogen-bond donors (Lipinski definition) is 0. The van der Waals surface area contributed by atoms with Gasteiger partial charge in [-0.2, -0.15) is 0 Å². The van der Waals surface area contributed by atoms with E-state index in [-0.39, 0.29) is 23.7 Å². The Morgan fingerprint density at radius 3 is 2.36 bits per heavy atom. The molecule has 0 radical (unpaired) electrons. The fourth-order valence-corrected chi connectivity index (χ4v) is 2.39. The normalized spacial score (nSPS) is 12.2. The highest BCUT2D eigenvalue weighted by molar-refractivity contribution is 5.89. The molecule has 0 aliphatic heterocycles. The molecule has 2 aromatic carbocycles. The van der Waals surface area contributed by atoms with E-state index in [9.17, 15) is 9.18 Å². The van der Waals surface area contributed by atoms with Gasteiger partial charge in [-0.3, -0.25) is 0 Å². The molecule has 0 aliphatic carbocycles. The van der Waals surface area contributed by atoms with Crippen molar-refractivity contribution >= 4 is 5.97 Å². The summed E-state index contributed by atoms with van der Waals surface area (Å²) in [5.41, 5.74) is 1.97. The van der Waals surface area contributed by atoms with Gasteiger partial charge in [-0.05, 0) is 62.7 Å². The van der Waals surface area contributed by atoms with Crippen LogP contribution in [0.15, 0.2) is 52.9 Å². The molecule has 0 saturated heterocycles. The van der Waals surface area contributed by atoms with Crippen LogP contribution in [0.2, 0.25) is 0 Å². The van der Waals surface area contributed by atoms with Gasteiger partial charge in [0, 0.05) is 5.56 Å². The first kappa shape index (κ1) is 19.7. The summed E-state index contributed by atoms with van der Waals surface area (Å²) in [7, 11) is 0. The third kappa shape index (κ3) is 5.01. The third-order valence-corrected chi connectivity index (χ3v) is 3.94. The number of esters is 1. The van der Waals surface area contributed by atoms with Crippen molar-refractivity contribution in [2.75, 3.05) is 0 Å². The Labute approximate surface area is 162 Å². The second-order valence-corrected chi connectivity index (χ2v) is 6.56. The molecule has 1 atom stereocenters. The lowest BCUT2D eigenvalue weighted by Gasteiger charge is -2.10. The Balaban J connectivity index is 1.62. The van der Waals surface area contributed by atoms with E-state index in [4.69, 9.17) is 13.9 Å². The van der Waals surface area contributed by atoms with Crippen LogP contribution in [0.3, 0.4) is 0 Å². The highest BCUT2D eigenvalue weighted by Crippen LogP contribution is 2.23. The Bertz CT molecular complexity index is 920. The second-order valence-electron chi connectivity index (χ2n) is 6.56. The van der Waals surface area contributed by atoms with Crippen molar-refractivity contribution in [1.29, 1.82) is 0 Å². The molecule has 146 valence electrons. The number of halogens is 1. The van der Waals surface area contributed by atoms with Gasteiger partial charge in [0.1, 0.15) is 5.82 Å².